The summed E-state index contributed by atoms with van der Waals surface area (Å²) in [5, 5.41) is 26.7. The van der Waals surface area contributed by atoms with E-state index >= 15 is 0 Å². The van der Waals surface area contributed by atoms with Crippen LogP contribution in [0.5, 0.6) is 0 Å². The molecule has 0 aliphatic heterocycles. The van der Waals surface area contributed by atoms with Gasteiger partial charge in [-0.15, -0.1) is 0 Å². The summed E-state index contributed by atoms with van der Waals surface area (Å²) in [5.41, 5.74) is 7.79. The number of hydrogen-bond acceptors (Lipinski definition) is 2. The van der Waals surface area contributed by atoms with Crippen LogP contribution >= 0.6 is 0 Å². The van der Waals surface area contributed by atoms with Crippen LogP contribution in [0.4, 0.5) is 0 Å². The number of aliphatic hydroxyl groups excluding tert-OH is 1. The summed E-state index contributed by atoms with van der Waals surface area (Å²) in [6, 6.07) is 51.0. The van der Waals surface area contributed by atoms with Crippen molar-refractivity contribution in [3.05, 3.63) is 156 Å². The number of rotatable bonds is 4. The molecule has 10 aromatic carbocycles. The molecule has 0 heterocycles. The molecule has 0 aliphatic carbocycles. The van der Waals surface area contributed by atoms with E-state index in [1.165, 1.54) is 87.1 Å². The Kier molecular flexibility index (Phi) is 6.62. The predicted octanol–water partition coefficient (Wildman–Crippen LogP) is 13.1. The fraction of sp³-hybridized carbons (Fsp3) is 0.100. The zero-order chi connectivity index (χ0) is 35.3. The molecule has 0 aliphatic rings. The number of benzene rings is 10. The molecule has 0 saturated carbocycles. The maximum Gasteiger partial charge on any atom is 0.150 e. The summed E-state index contributed by atoms with van der Waals surface area (Å²) in [6.45, 7) is 6.90. The normalized spacial score (nSPS) is 12.4. The van der Waals surface area contributed by atoms with Crippen LogP contribution in [0.15, 0.2) is 140 Å². The molecular weight excluding hydrogens is 633 g/mol. The van der Waals surface area contributed by atoms with E-state index in [-0.39, 0.29) is 12.0 Å². The molecule has 0 bridgehead atoms. The van der Waals surface area contributed by atoms with E-state index in [1.807, 2.05) is 18.2 Å². The quantitative estimate of drug-likeness (QED) is 0.150. The van der Waals surface area contributed by atoms with Crippen molar-refractivity contribution in [2.24, 2.45) is 0 Å². The van der Waals surface area contributed by atoms with Gasteiger partial charge in [-0.25, -0.2) is 0 Å². The van der Waals surface area contributed by atoms with E-state index in [2.05, 4.69) is 142 Å². The molecule has 0 radical (unpaired) electrons. The molecule has 248 valence electrons. The summed E-state index contributed by atoms with van der Waals surface area (Å²) < 4.78 is 0. The molecule has 0 spiro atoms. The monoisotopic (exact) mass is 668 g/mol. The first-order valence-electron chi connectivity index (χ1n) is 18.0. The van der Waals surface area contributed by atoms with Crippen molar-refractivity contribution < 1.29 is 9.90 Å². The van der Waals surface area contributed by atoms with Crippen LogP contribution in [0.1, 0.15) is 42.3 Å². The van der Waals surface area contributed by atoms with Crippen molar-refractivity contribution in [1.29, 1.82) is 0 Å². The molecule has 1 N–H and O–H groups in total. The van der Waals surface area contributed by atoms with Crippen molar-refractivity contribution >= 4 is 81.7 Å². The topological polar surface area (TPSA) is 37.3 Å². The van der Waals surface area contributed by atoms with Crippen LogP contribution < -0.4 is 0 Å². The molecule has 0 amide bonds. The number of aldehydes is 1. The molecule has 2 nitrogen and oxygen atoms in total. The maximum absolute atomic E-state index is 11.5. The minimum atomic E-state index is 0.0392. The van der Waals surface area contributed by atoms with E-state index < -0.39 is 0 Å². The molecule has 0 atom stereocenters. The summed E-state index contributed by atoms with van der Waals surface area (Å²) >= 11 is 0. The highest BCUT2D eigenvalue weighted by molar-refractivity contribution is 6.28. The van der Waals surface area contributed by atoms with Gasteiger partial charge < -0.3 is 5.11 Å². The van der Waals surface area contributed by atoms with Crippen LogP contribution in [0, 0.1) is 0 Å². The van der Waals surface area contributed by atoms with Gasteiger partial charge in [0.15, 0.2) is 0 Å². The van der Waals surface area contributed by atoms with Crippen LogP contribution in [0.2, 0.25) is 0 Å². The van der Waals surface area contributed by atoms with Gasteiger partial charge in [0.25, 0.3) is 0 Å². The van der Waals surface area contributed by atoms with Crippen molar-refractivity contribution in [3.63, 3.8) is 0 Å². The highest BCUT2D eigenvalue weighted by Crippen LogP contribution is 2.46. The standard InChI is InChI=1S/C50H36O2/c1-50(2,3)39-24-37-12-18-44-46(35-10-16-42-33(22-35)8-6-31-20-29(27-51)4-14-40(31)42)26-47(45-19-13-38(25-39)48(37)49(44)45)36-11-17-43-34(23-36)9-7-32-21-30(28-52)5-15-41(32)43/h4-27,52H,28H2,1-3H3. The Labute approximate surface area is 301 Å². The molecular formula is C50H36O2. The van der Waals surface area contributed by atoms with E-state index in [9.17, 15) is 9.90 Å². The Morgan fingerprint density at radius 2 is 0.923 bits per heavy atom. The zero-order valence-electron chi connectivity index (χ0n) is 29.4. The van der Waals surface area contributed by atoms with Gasteiger partial charge in [0.05, 0.1) is 6.61 Å². The van der Waals surface area contributed by atoms with Gasteiger partial charge in [0.1, 0.15) is 6.29 Å². The van der Waals surface area contributed by atoms with E-state index in [4.69, 9.17) is 0 Å². The minimum absolute atomic E-state index is 0.0392. The molecule has 0 aromatic heterocycles. The number of hydrogen-bond donors (Lipinski definition) is 1. The average Bonchev–Trinajstić information content (AvgIpc) is 3.18. The first kappa shape index (κ1) is 30.7. The van der Waals surface area contributed by atoms with Crippen LogP contribution in [-0.4, -0.2) is 11.4 Å². The fourth-order valence-corrected chi connectivity index (χ4v) is 8.54. The zero-order valence-corrected chi connectivity index (χ0v) is 29.4. The Bertz CT molecular complexity index is 3090. The fourth-order valence-electron chi connectivity index (χ4n) is 8.54. The second kappa shape index (κ2) is 11.2. The first-order valence-corrected chi connectivity index (χ1v) is 18.0. The Hall–Kier alpha value is -6.09. The second-order valence-corrected chi connectivity index (χ2v) is 15.4. The average molecular weight is 669 g/mol. The first-order chi connectivity index (χ1) is 25.3. The summed E-state index contributed by atoms with van der Waals surface area (Å²) in [4.78, 5) is 11.5. The van der Waals surface area contributed by atoms with Gasteiger partial charge in [0.2, 0.25) is 0 Å². The molecule has 0 unspecified atom stereocenters. The van der Waals surface area contributed by atoms with Gasteiger partial charge in [-0.1, -0.05) is 130 Å². The largest absolute Gasteiger partial charge is 0.392 e. The number of aliphatic hydroxyl groups is 1. The molecule has 0 fully saturated rings. The summed E-state index contributed by atoms with van der Waals surface area (Å²) in [5.74, 6) is 0. The Morgan fingerprint density at radius 3 is 1.44 bits per heavy atom. The SMILES string of the molecule is CC(C)(C)c1cc2ccc3c(-c4ccc5c(ccc6cc(C=O)ccc65)c4)cc(-c4ccc5c(ccc6cc(CO)ccc65)c4)c4ccc(c1)c2c34. The van der Waals surface area contributed by atoms with Crippen molar-refractivity contribution in [3.8, 4) is 22.3 Å². The van der Waals surface area contributed by atoms with Gasteiger partial charge in [-0.2, -0.15) is 0 Å². The highest BCUT2D eigenvalue weighted by atomic mass is 16.3. The third kappa shape index (κ3) is 4.65. The highest BCUT2D eigenvalue weighted by Gasteiger charge is 2.21. The van der Waals surface area contributed by atoms with Gasteiger partial charge >= 0.3 is 0 Å². The van der Waals surface area contributed by atoms with Crippen molar-refractivity contribution in [1.82, 2.24) is 0 Å². The second-order valence-electron chi connectivity index (χ2n) is 15.4. The maximum atomic E-state index is 11.5. The van der Waals surface area contributed by atoms with Gasteiger partial charge in [-0.05, 0) is 145 Å². The lowest BCUT2D eigenvalue weighted by atomic mass is 9.81. The lowest BCUT2D eigenvalue weighted by Crippen LogP contribution is -2.10. The predicted molar refractivity (Wildman–Crippen MR) is 221 cm³/mol. The molecule has 0 saturated heterocycles. The molecule has 52 heavy (non-hydrogen) atoms. The van der Waals surface area contributed by atoms with Gasteiger partial charge in [0, 0.05) is 5.56 Å². The van der Waals surface area contributed by atoms with E-state index in [1.54, 1.807) is 0 Å². The van der Waals surface area contributed by atoms with Crippen LogP contribution in [-0.2, 0) is 12.0 Å². The van der Waals surface area contributed by atoms with Crippen LogP contribution in [0.25, 0.3) is 97.7 Å². The summed E-state index contributed by atoms with van der Waals surface area (Å²) in [7, 11) is 0. The van der Waals surface area contributed by atoms with Crippen molar-refractivity contribution in [2.75, 3.05) is 0 Å². The number of carbonyl (C=O) groups excluding carboxylic acids is 1. The molecule has 10 rings (SSSR count). The number of fused-ring (bicyclic) bond motifs is 6. The lowest BCUT2D eigenvalue weighted by Gasteiger charge is -2.23. The number of carbonyl (C=O) groups is 1. The Balaban J connectivity index is 1.25. The van der Waals surface area contributed by atoms with E-state index in [0.717, 1.165) is 28.0 Å². The third-order valence-corrected chi connectivity index (χ3v) is 11.3. The molecule has 2 heteroatoms. The summed E-state index contributed by atoms with van der Waals surface area (Å²) in [6.07, 6.45) is 0.910. The molecule has 10 aromatic rings. The minimum Gasteiger partial charge on any atom is -0.392 e. The van der Waals surface area contributed by atoms with Gasteiger partial charge in [-0.3, -0.25) is 4.79 Å². The smallest absolute Gasteiger partial charge is 0.150 e. The lowest BCUT2D eigenvalue weighted by molar-refractivity contribution is 0.112. The van der Waals surface area contributed by atoms with Crippen LogP contribution in [0.3, 0.4) is 0 Å². The Morgan fingerprint density at radius 1 is 0.462 bits per heavy atom. The third-order valence-electron chi connectivity index (χ3n) is 11.3. The van der Waals surface area contributed by atoms with E-state index in [0.29, 0.717) is 5.56 Å². The van der Waals surface area contributed by atoms with Crippen molar-refractivity contribution in [2.45, 2.75) is 32.8 Å².